The molecule has 1 heterocycles. The van der Waals surface area contributed by atoms with Gasteiger partial charge >= 0.3 is 0 Å². The zero-order valence-corrected chi connectivity index (χ0v) is 10.3. The minimum absolute atomic E-state index is 0.145. The first kappa shape index (κ1) is 10.4. The first-order valence-electron chi connectivity index (χ1n) is 5.02. The number of hydrogen-bond acceptors (Lipinski definition) is 2. The number of nitrogens with one attached hydrogen (secondary N) is 1. The highest BCUT2D eigenvalue weighted by atomic mass is 32.1. The highest BCUT2D eigenvalue weighted by Crippen LogP contribution is 2.28. The molecule has 1 N–H and O–H groups in total. The zero-order valence-electron chi connectivity index (χ0n) is 9.47. The van der Waals surface area contributed by atoms with E-state index in [0.29, 0.717) is 4.84 Å². The summed E-state index contributed by atoms with van der Waals surface area (Å²) in [4.78, 5) is 3.50. The van der Waals surface area contributed by atoms with E-state index in [1.807, 2.05) is 6.92 Å². The molecular weight excluding hydrogens is 206 g/mol. The molecule has 1 aromatic carbocycles. The number of rotatable bonds is 0. The van der Waals surface area contributed by atoms with Crippen molar-refractivity contribution in [2.45, 2.75) is 33.1 Å². The Kier molecular flexibility index (Phi) is 2.23. The van der Waals surface area contributed by atoms with Crippen LogP contribution in [0.1, 0.15) is 31.9 Å². The van der Waals surface area contributed by atoms with Crippen LogP contribution in [0.2, 0.25) is 0 Å². The zero-order chi connectivity index (χ0) is 11.2. The third-order valence-electron chi connectivity index (χ3n) is 2.57. The third kappa shape index (κ3) is 1.84. The van der Waals surface area contributed by atoms with Crippen molar-refractivity contribution in [3.63, 3.8) is 0 Å². The molecule has 2 aromatic rings. The van der Waals surface area contributed by atoms with Crippen LogP contribution in [0.15, 0.2) is 16.5 Å². The van der Waals surface area contributed by atoms with Gasteiger partial charge in [-0.15, -0.1) is 0 Å². The van der Waals surface area contributed by atoms with Gasteiger partial charge in [0.15, 0.2) is 5.58 Å². The Bertz CT molecular complexity index is 557. The topological polar surface area (TPSA) is 28.9 Å². The minimum Gasteiger partial charge on any atom is -0.429 e. The van der Waals surface area contributed by atoms with Crippen molar-refractivity contribution in [3.8, 4) is 0 Å². The molecular formula is C12H15NOS. The molecule has 0 unspecified atom stereocenters. The van der Waals surface area contributed by atoms with Gasteiger partial charge in [-0.05, 0) is 41.7 Å². The van der Waals surface area contributed by atoms with Gasteiger partial charge in [0.05, 0.1) is 5.52 Å². The molecule has 0 amide bonds. The van der Waals surface area contributed by atoms with E-state index in [-0.39, 0.29) is 5.41 Å². The number of H-pyrrole nitrogens is 1. The van der Waals surface area contributed by atoms with Crippen molar-refractivity contribution in [2.24, 2.45) is 0 Å². The Morgan fingerprint density at radius 1 is 1.27 bits per heavy atom. The maximum atomic E-state index is 5.43. The summed E-state index contributed by atoms with van der Waals surface area (Å²) >= 11 is 4.99. The Labute approximate surface area is 94.3 Å². The second-order valence-corrected chi connectivity index (χ2v) is 5.31. The molecule has 3 heteroatoms. The fourth-order valence-electron chi connectivity index (χ4n) is 1.66. The standard InChI is InChI=1S/C12H15NOS/c1-7-5-8(12(2,3)4)6-9-10(7)14-11(15)13-9/h5-6H,1-4H3,(H,13,15). The van der Waals surface area contributed by atoms with Crippen LogP contribution in [0.4, 0.5) is 0 Å². The van der Waals surface area contributed by atoms with Crippen LogP contribution >= 0.6 is 12.2 Å². The molecule has 0 bridgehead atoms. The minimum atomic E-state index is 0.145. The molecule has 0 fully saturated rings. The lowest BCUT2D eigenvalue weighted by atomic mass is 9.86. The van der Waals surface area contributed by atoms with Crippen LogP contribution in [0.5, 0.6) is 0 Å². The van der Waals surface area contributed by atoms with Crippen LogP contribution in [-0.2, 0) is 5.41 Å². The van der Waals surface area contributed by atoms with Crippen molar-refractivity contribution in [1.82, 2.24) is 4.98 Å². The maximum Gasteiger partial charge on any atom is 0.266 e. The molecule has 0 atom stereocenters. The van der Waals surface area contributed by atoms with Crippen molar-refractivity contribution >= 4 is 23.3 Å². The van der Waals surface area contributed by atoms with Crippen LogP contribution in [0.3, 0.4) is 0 Å². The van der Waals surface area contributed by atoms with Crippen molar-refractivity contribution in [2.75, 3.05) is 0 Å². The molecule has 1 aromatic heterocycles. The monoisotopic (exact) mass is 221 g/mol. The predicted octanol–water partition coefficient (Wildman–Crippen LogP) is 4.10. The van der Waals surface area contributed by atoms with Gasteiger partial charge in [0.25, 0.3) is 4.84 Å². The van der Waals surface area contributed by atoms with Crippen LogP contribution in [0.25, 0.3) is 11.1 Å². The van der Waals surface area contributed by atoms with Gasteiger partial charge in [-0.3, -0.25) is 0 Å². The number of aromatic nitrogens is 1. The fourth-order valence-corrected chi connectivity index (χ4v) is 1.86. The Hall–Kier alpha value is -1.09. The lowest BCUT2D eigenvalue weighted by molar-refractivity contribution is 0.578. The van der Waals surface area contributed by atoms with E-state index in [1.165, 1.54) is 5.56 Å². The molecule has 0 saturated carbocycles. The van der Waals surface area contributed by atoms with Crippen molar-refractivity contribution in [3.05, 3.63) is 28.1 Å². The van der Waals surface area contributed by atoms with Gasteiger partial charge in [-0.25, -0.2) is 0 Å². The lowest BCUT2D eigenvalue weighted by Gasteiger charge is -2.19. The summed E-state index contributed by atoms with van der Waals surface area (Å²) in [5, 5.41) is 0. The summed E-state index contributed by atoms with van der Waals surface area (Å²) in [5.41, 5.74) is 4.42. The normalized spacial score (nSPS) is 12.3. The van der Waals surface area contributed by atoms with Crippen molar-refractivity contribution in [1.29, 1.82) is 0 Å². The fraction of sp³-hybridized carbons (Fsp3) is 0.417. The largest absolute Gasteiger partial charge is 0.429 e. The van der Waals surface area contributed by atoms with Gasteiger partial charge < -0.3 is 9.40 Å². The summed E-state index contributed by atoms with van der Waals surface area (Å²) in [5.74, 6) is 0. The summed E-state index contributed by atoms with van der Waals surface area (Å²) in [7, 11) is 0. The molecule has 2 nitrogen and oxygen atoms in total. The van der Waals surface area contributed by atoms with Gasteiger partial charge in [0.1, 0.15) is 0 Å². The number of aromatic amines is 1. The summed E-state index contributed by atoms with van der Waals surface area (Å²) < 4.78 is 5.43. The van der Waals surface area contributed by atoms with Crippen LogP contribution in [0, 0.1) is 11.8 Å². The number of fused-ring (bicyclic) bond motifs is 1. The Morgan fingerprint density at radius 3 is 2.53 bits per heavy atom. The predicted molar refractivity (Wildman–Crippen MR) is 64.8 cm³/mol. The molecule has 15 heavy (non-hydrogen) atoms. The highest BCUT2D eigenvalue weighted by molar-refractivity contribution is 7.71. The van der Waals surface area contributed by atoms with E-state index < -0.39 is 0 Å². The smallest absolute Gasteiger partial charge is 0.266 e. The van der Waals surface area contributed by atoms with Gasteiger partial charge in [-0.1, -0.05) is 26.8 Å². The Morgan fingerprint density at radius 2 is 1.93 bits per heavy atom. The maximum absolute atomic E-state index is 5.43. The van der Waals surface area contributed by atoms with Gasteiger partial charge in [0, 0.05) is 0 Å². The molecule has 0 aliphatic heterocycles. The lowest BCUT2D eigenvalue weighted by Crippen LogP contribution is -2.11. The molecule has 2 rings (SSSR count). The second-order valence-electron chi connectivity index (χ2n) is 4.93. The average molecular weight is 221 g/mol. The number of hydrogen-bond donors (Lipinski definition) is 1. The van der Waals surface area contributed by atoms with Crippen LogP contribution < -0.4 is 0 Å². The molecule has 0 aliphatic rings. The molecule has 80 valence electrons. The number of aryl methyl sites for hydroxylation is 1. The number of oxazole rings is 1. The summed E-state index contributed by atoms with van der Waals surface area (Å²) in [6.07, 6.45) is 0. The second kappa shape index (κ2) is 3.20. The van der Waals surface area contributed by atoms with E-state index in [9.17, 15) is 0 Å². The van der Waals surface area contributed by atoms with E-state index in [4.69, 9.17) is 16.6 Å². The first-order valence-corrected chi connectivity index (χ1v) is 5.43. The Balaban J connectivity index is 2.78. The quantitative estimate of drug-likeness (QED) is 0.679. The van der Waals surface area contributed by atoms with E-state index in [0.717, 1.165) is 16.7 Å². The molecule has 0 saturated heterocycles. The summed E-state index contributed by atoms with van der Waals surface area (Å²) in [6.45, 7) is 8.64. The third-order valence-corrected chi connectivity index (χ3v) is 2.76. The van der Waals surface area contributed by atoms with Crippen LogP contribution in [-0.4, -0.2) is 4.98 Å². The highest BCUT2D eigenvalue weighted by Gasteiger charge is 2.16. The summed E-state index contributed by atoms with van der Waals surface area (Å²) in [6, 6.07) is 4.27. The van der Waals surface area contributed by atoms with Gasteiger partial charge in [-0.2, -0.15) is 0 Å². The SMILES string of the molecule is Cc1cc(C(C)(C)C)cc2[nH]c(=S)oc12. The number of benzene rings is 1. The van der Waals surface area contributed by atoms with Crippen molar-refractivity contribution < 1.29 is 4.42 Å². The van der Waals surface area contributed by atoms with E-state index >= 15 is 0 Å². The molecule has 0 radical (unpaired) electrons. The molecule has 0 aliphatic carbocycles. The average Bonchev–Trinajstić information content (AvgIpc) is 2.44. The van der Waals surface area contributed by atoms with Gasteiger partial charge in [0.2, 0.25) is 0 Å². The first-order chi connectivity index (χ1) is 6.88. The van der Waals surface area contributed by atoms with E-state index in [1.54, 1.807) is 0 Å². The van der Waals surface area contributed by atoms with E-state index in [2.05, 4.69) is 37.9 Å². The molecule has 0 spiro atoms.